The van der Waals surface area contributed by atoms with E-state index in [2.05, 4.69) is 34.3 Å². The summed E-state index contributed by atoms with van der Waals surface area (Å²) in [5.74, 6) is 0.719. The third kappa shape index (κ3) is 2.99. The fraction of sp³-hybridized carbons (Fsp3) is 0.143. The van der Waals surface area contributed by atoms with Gasteiger partial charge in [-0.15, -0.1) is 0 Å². The van der Waals surface area contributed by atoms with E-state index in [4.69, 9.17) is 0 Å². The lowest BCUT2D eigenvalue weighted by Gasteiger charge is -2.24. The molecule has 1 aliphatic rings. The van der Waals surface area contributed by atoms with Gasteiger partial charge in [-0.05, 0) is 61.4 Å². The number of fused-ring (bicyclic) bond motifs is 1. The Bertz CT molecular complexity index is 953. The van der Waals surface area contributed by atoms with Crippen molar-refractivity contribution < 1.29 is 9.90 Å². The Morgan fingerprint density at radius 1 is 1.15 bits per heavy atom. The molecule has 0 radical (unpaired) electrons. The van der Waals surface area contributed by atoms with Gasteiger partial charge in [-0.2, -0.15) is 0 Å². The summed E-state index contributed by atoms with van der Waals surface area (Å²) in [5.41, 5.74) is 3.61. The summed E-state index contributed by atoms with van der Waals surface area (Å²) >= 11 is 0. The molecule has 1 amide bonds. The molecule has 5 heteroatoms. The van der Waals surface area contributed by atoms with E-state index in [-0.39, 0.29) is 17.7 Å². The molecule has 1 aliphatic heterocycles. The first-order chi connectivity index (χ1) is 12.6. The van der Waals surface area contributed by atoms with Crippen molar-refractivity contribution in [1.29, 1.82) is 0 Å². The summed E-state index contributed by atoms with van der Waals surface area (Å²) < 4.78 is 0. The minimum atomic E-state index is -0.209. The van der Waals surface area contributed by atoms with Crippen molar-refractivity contribution in [2.24, 2.45) is 0 Å². The van der Waals surface area contributed by atoms with Crippen molar-refractivity contribution in [3.8, 4) is 5.75 Å². The SMILES string of the molecule is CC1Cc2ccccc2N1c1cc(C(=O)Nc2ccc(O)cc2)ccn1. The van der Waals surface area contributed by atoms with Crippen molar-refractivity contribution in [3.05, 3.63) is 78.0 Å². The van der Waals surface area contributed by atoms with Crippen LogP contribution >= 0.6 is 0 Å². The fourth-order valence-electron chi connectivity index (χ4n) is 3.35. The number of phenols is 1. The second-order valence-electron chi connectivity index (χ2n) is 6.46. The maximum absolute atomic E-state index is 12.6. The third-order valence-corrected chi connectivity index (χ3v) is 4.59. The molecule has 130 valence electrons. The second-order valence-corrected chi connectivity index (χ2v) is 6.46. The Kier molecular flexibility index (Phi) is 4.05. The Labute approximate surface area is 151 Å². The molecular formula is C21H19N3O2. The fourth-order valence-corrected chi connectivity index (χ4v) is 3.35. The lowest BCUT2D eigenvalue weighted by molar-refractivity contribution is 0.102. The minimum Gasteiger partial charge on any atom is -0.508 e. The normalized spacial score (nSPS) is 15.6. The standard InChI is InChI=1S/C21H19N3O2/c1-14-12-15-4-2-3-5-19(15)24(14)20-13-16(10-11-22-20)21(26)23-17-6-8-18(25)9-7-17/h2-11,13-14,25H,12H2,1H3,(H,23,26). The van der Waals surface area contributed by atoms with Crippen LogP contribution in [0.25, 0.3) is 0 Å². The summed E-state index contributed by atoms with van der Waals surface area (Å²) in [5, 5.41) is 12.2. The number of pyridine rings is 1. The monoisotopic (exact) mass is 345 g/mol. The molecule has 2 aromatic carbocycles. The van der Waals surface area contributed by atoms with Crippen LogP contribution in [0, 0.1) is 0 Å². The molecule has 2 N–H and O–H groups in total. The molecule has 0 bridgehead atoms. The van der Waals surface area contributed by atoms with E-state index in [1.54, 1.807) is 24.4 Å². The molecule has 1 unspecified atom stereocenters. The van der Waals surface area contributed by atoms with Gasteiger partial charge in [0, 0.05) is 29.2 Å². The molecule has 1 atom stereocenters. The van der Waals surface area contributed by atoms with Crippen molar-refractivity contribution in [2.45, 2.75) is 19.4 Å². The molecule has 0 fully saturated rings. The Hall–Kier alpha value is -3.34. The van der Waals surface area contributed by atoms with Gasteiger partial charge in [-0.1, -0.05) is 18.2 Å². The number of carbonyl (C=O) groups excluding carboxylic acids is 1. The zero-order valence-corrected chi connectivity index (χ0v) is 14.4. The molecule has 0 saturated heterocycles. The van der Waals surface area contributed by atoms with Gasteiger partial charge >= 0.3 is 0 Å². The largest absolute Gasteiger partial charge is 0.508 e. The van der Waals surface area contributed by atoms with Crippen molar-refractivity contribution in [1.82, 2.24) is 4.98 Å². The lowest BCUT2D eigenvalue weighted by Crippen LogP contribution is -2.25. The van der Waals surface area contributed by atoms with Crippen LogP contribution in [0.5, 0.6) is 5.75 Å². The minimum absolute atomic E-state index is 0.163. The van der Waals surface area contributed by atoms with Gasteiger partial charge in [0.2, 0.25) is 0 Å². The molecule has 0 spiro atoms. The number of hydrogen-bond donors (Lipinski definition) is 2. The highest BCUT2D eigenvalue weighted by Crippen LogP contribution is 2.37. The van der Waals surface area contributed by atoms with E-state index < -0.39 is 0 Å². The van der Waals surface area contributed by atoms with Crippen LogP contribution in [0.2, 0.25) is 0 Å². The molecule has 2 heterocycles. The maximum atomic E-state index is 12.6. The van der Waals surface area contributed by atoms with Gasteiger partial charge in [0.25, 0.3) is 5.91 Å². The number of para-hydroxylation sites is 1. The van der Waals surface area contributed by atoms with E-state index in [0.29, 0.717) is 11.3 Å². The van der Waals surface area contributed by atoms with Crippen LogP contribution in [-0.4, -0.2) is 22.0 Å². The number of nitrogens with one attached hydrogen (secondary N) is 1. The van der Waals surface area contributed by atoms with E-state index in [1.165, 1.54) is 17.7 Å². The number of anilines is 3. The summed E-state index contributed by atoms with van der Waals surface area (Å²) in [6.07, 6.45) is 2.62. The average molecular weight is 345 g/mol. The lowest BCUT2D eigenvalue weighted by atomic mass is 10.1. The molecule has 1 aromatic heterocycles. The van der Waals surface area contributed by atoms with E-state index in [1.807, 2.05) is 18.2 Å². The smallest absolute Gasteiger partial charge is 0.255 e. The van der Waals surface area contributed by atoms with Crippen LogP contribution in [-0.2, 0) is 6.42 Å². The maximum Gasteiger partial charge on any atom is 0.255 e. The molecule has 4 rings (SSSR count). The molecular weight excluding hydrogens is 326 g/mol. The molecule has 26 heavy (non-hydrogen) atoms. The zero-order valence-electron chi connectivity index (χ0n) is 14.4. The van der Waals surface area contributed by atoms with Gasteiger partial charge < -0.3 is 15.3 Å². The van der Waals surface area contributed by atoms with E-state index >= 15 is 0 Å². The number of benzene rings is 2. The van der Waals surface area contributed by atoms with Gasteiger partial charge in [0.05, 0.1) is 0 Å². The number of amides is 1. The second kappa shape index (κ2) is 6.52. The van der Waals surface area contributed by atoms with Crippen LogP contribution in [0.3, 0.4) is 0 Å². The van der Waals surface area contributed by atoms with Crippen molar-refractivity contribution in [2.75, 3.05) is 10.2 Å². The predicted octanol–water partition coefficient (Wildman–Crippen LogP) is 4.12. The van der Waals surface area contributed by atoms with Gasteiger partial charge in [-0.3, -0.25) is 4.79 Å². The number of rotatable bonds is 3. The first-order valence-electron chi connectivity index (χ1n) is 8.55. The first kappa shape index (κ1) is 16.1. The molecule has 3 aromatic rings. The average Bonchev–Trinajstić information content (AvgIpc) is 2.99. The van der Waals surface area contributed by atoms with E-state index in [9.17, 15) is 9.90 Å². The predicted molar refractivity (Wildman–Crippen MR) is 102 cm³/mol. The molecule has 0 aliphatic carbocycles. The highest BCUT2D eigenvalue weighted by molar-refractivity contribution is 6.04. The quantitative estimate of drug-likeness (QED) is 0.701. The number of aromatic hydroxyl groups is 1. The number of aromatic nitrogens is 1. The van der Waals surface area contributed by atoms with Gasteiger partial charge in [0.1, 0.15) is 11.6 Å². The van der Waals surface area contributed by atoms with Gasteiger partial charge in [0.15, 0.2) is 0 Å². The Balaban J connectivity index is 1.61. The van der Waals surface area contributed by atoms with E-state index in [0.717, 1.165) is 17.9 Å². The first-order valence-corrected chi connectivity index (χ1v) is 8.55. The third-order valence-electron chi connectivity index (χ3n) is 4.59. The molecule has 5 nitrogen and oxygen atoms in total. The van der Waals surface area contributed by atoms with Gasteiger partial charge in [-0.25, -0.2) is 4.98 Å². The van der Waals surface area contributed by atoms with Crippen LogP contribution < -0.4 is 10.2 Å². The zero-order chi connectivity index (χ0) is 18.1. The number of hydrogen-bond acceptors (Lipinski definition) is 4. The van der Waals surface area contributed by atoms with Crippen LogP contribution in [0.15, 0.2) is 66.9 Å². The highest BCUT2D eigenvalue weighted by Gasteiger charge is 2.28. The highest BCUT2D eigenvalue weighted by atomic mass is 16.3. The molecule has 0 saturated carbocycles. The van der Waals surface area contributed by atoms with Crippen molar-refractivity contribution >= 4 is 23.1 Å². The number of phenolic OH excluding ortho intramolecular Hbond substituents is 1. The summed E-state index contributed by atoms with van der Waals surface area (Å²) in [6, 6.07) is 18.5. The Morgan fingerprint density at radius 2 is 1.92 bits per heavy atom. The van der Waals surface area contributed by atoms with Crippen molar-refractivity contribution in [3.63, 3.8) is 0 Å². The number of carbonyl (C=O) groups is 1. The van der Waals surface area contributed by atoms with Crippen LogP contribution in [0.4, 0.5) is 17.2 Å². The van der Waals surface area contributed by atoms with Crippen LogP contribution in [0.1, 0.15) is 22.8 Å². The number of nitrogens with zero attached hydrogens (tertiary/aromatic N) is 2. The summed E-state index contributed by atoms with van der Waals surface area (Å²) in [7, 11) is 0. The Morgan fingerprint density at radius 3 is 2.73 bits per heavy atom. The topological polar surface area (TPSA) is 65.5 Å². The summed E-state index contributed by atoms with van der Waals surface area (Å²) in [6.45, 7) is 2.16. The summed E-state index contributed by atoms with van der Waals surface area (Å²) in [4.78, 5) is 19.2.